The van der Waals surface area contributed by atoms with Crippen LogP contribution < -0.4 is 5.84 Å². The molecule has 2 nitrogen and oxygen atoms in total. The zero-order valence-electron chi connectivity index (χ0n) is 9.92. The predicted octanol–water partition coefficient (Wildman–Crippen LogP) is 2.79. The number of nitrogens with zero attached hydrogens (tertiary/aromatic N) is 1. The summed E-state index contributed by atoms with van der Waals surface area (Å²) in [7, 11) is 0. The average Bonchev–Trinajstić information content (AvgIpc) is 3.06. The Bertz CT molecular complexity index is 285. The van der Waals surface area contributed by atoms with E-state index in [1.54, 1.807) is 0 Å². The molecule has 1 aliphatic carbocycles. The fourth-order valence-corrected chi connectivity index (χ4v) is 2.25. The molecule has 1 saturated carbocycles. The third-order valence-corrected chi connectivity index (χ3v) is 3.19. The topological polar surface area (TPSA) is 29.3 Å². The number of hydrogen-bond acceptors (Lipinski definition) is 2. The highest BCUT2D eigenvalue weighted by Gasteiger charge is 2.51. The summed E-state index contributed by atoms with van der Waals surface area (Å²) in [5.41, 5.74) is 2.76. The van der Waals surface area contributed by atoms with E-state index in [0.29, 0.717) is 0 Å². The SMILES string of the molecule is C=CC1=C(C=C)C2(CC2)N(N)CC1.CC. The summed E-state index contributed by atoms with van der Waals surface area (Å²) in [4.78, 5) is 0. The third-order valence-electron chi connectivity index (χ3n) is 3.19. The third kappa shape index (κ3) is 1.92. The molecule has 0 saturated heterocycles. The summed E-state index contributed by atoms with van der Waals surface area (Å²) in [6.07, 6.45) is 7.24. The van der Waals surface area contributed by atoms with Gasteiger partial charge >= 0.3 is 0 Å². The van der Waals surface area contributed by atoms with E-state index in [2.05, 4.69) is 13.2 Å². The molecule has 0 amide bonds. The maximum absolute atomic E-state index is 5.97. The van der Waals surface area contributed by atoms with E-state index in [-0.39, 0.29) is 5.54 Å². The fourth-order valence-electron chi connectivity index (χ4n) is 2.25. The molecular weight excluding hydrogens is 184 g/mol. The van der Waals surface area contributed by atoms with Crippen LogP contribution in [0.25, 0.3) is 0 Å². The summed E-state index contributed by atoms with van der Waals surface area (Å²) in [6, 6.07) is 0. The smallest absolute Gasteiger partial charge is 0.0604 e. The van der Waals surface area contributed by atoms with Gasteiger partial charge in [0.15, 0.2) is 0 Å². The van der Waals surface area contributed by atoms with Gasteiger partial charge in [-0.15, -0.1) is 0 Å². The van der Waals surface area contributed by atoms with Crippen LogP contribution in [0.15, 0.2) is 36.5 Å². The normalized spacial score (nSPS) is 23.1. The summed E-state index contributed by atoms with van der Waals surface area (Å²) in [5, 5.41) is 1.97. The Balaban J connectivity index is 0.000000531. The Labute approximate surface area is 93.1 Å². The van der Waals surface area contributed by atoms with E-state index in [1.165, 1.54) is 24.0 Å². The van der Waals surface area contributed by atoms with E-state index >= 15 is 0 Å². The number of nitrogens with two attached hydrogens (primary N) is 1. The van der Waals surface area contributed by atoms with Crippen LogP contribution in [0.3, 0.4) is 0 Å². The molecule has 0 radical (unpaired) electrons. The monoisotopic (exact) mass is 206 g/mol. The number of rotatable bonds is 2. The van der Waals surface area contributed by atoms with Gasteiger partial charge in [0.2, 0.25) is 0 Å². The first-order valence-electron chi connectivity index (χ1n) is 5.75. The van der Waals surface area contributed by atoms with Gasteiger partial charge in [0.25, 0.3) is 0 Å². The molecule has 2 heteroatoms. The lowest BCUT2D eigenvalue weighted by Crippen LogP contribution is -2.47. The zero-order chi connectivity index (χ0) is 11.5. The molecule has 0 aromatic carbocycles. The highest BCUT2D eigenvalue weighted by molar-refractivity contribution is 5.45. The molecule has 0 atom stereocenters. The van der Waals surface area contributed by atoms with Crippen molar-refractivity contribution < 1.29 is 0 Å². The first-order chi connectivity index (χ1) is 7.24. The molecule has 1 spiro atoms. The van der Waals surface area contributed by atoms with E-state index < -0.39 is 0 Å². The van der Waals surface area contributed by atoms with Crippen LogP contribution in [0.4, 0.5) is 0 Å². The summed E-state index contributed by atoms with van der Waals surface area (Å²) >= 11 is 0. The van der Waals surface area contributed by atoms with Crippen LogP contribution in [-0.4, -0.2) is 17.1 Å². The van der Waals surface area contributed by atoms with Gasteiger partial charge in [0.1, 0.15) is 0 Å². The second-order valence-electron chi connectivity index (χ2n) is 3.82. The van der Waals surface area contributed by atoms with Crippen molar-refractivity contribution >= 4 is 0 Å². The van der Waals surface area contributed by atoms with Gasteiger partial charge in [0.05, 0.1) is 5.54 Å². The van der Waals surface area contributed by atoms with Crippen LogP contribution in [-0.2, 0) is 0 Å². The van der Waals surface area contributed by atoms with Gasteiger partial charge in [-0.05, 0) is 30.4 Å². The Morgan fingerprint density at radius 1 is 1.27 bits per heavy atom. The van der Waals surface area contributed by atoms with Gasteiger partial charge in [-0.3, -0.25) is 5.84 Å². The minimum Gasteiger partial charge on any atom is -0.268 e. The van der Waals surface area contributed by atoms with E-state index in [9.17, 15) is 0 Å². The fraction of sp³-hybridized carbons (Fsp3) is 0.538. The number of hydrazine groups is 1. The van der Waals surface area contributed by atoms with Crippen LogP contribution >= 0.6 is 0 Å². The first kappa shape index (κ1) is 12.2. The molecule has 0 unspecified atom stereocenters. The van der Waals surface area contributed by atoms with Gasteiger partial charge in [0, 0.05) is 6.54 Å². The predicted molar refractivity (Wildman–Crippen MR) is 66.2 cm³/mol. The van der Waals surface area contributed by atoms with E-state index in [0.717, 1.165) is 13.0 Å². The van der Waals surface area contributed by atoms with Crippen LogP contribution in [0.1, 0.15) is 33.1 Å². The molecule has 2 rings (SSSR count). The van der Waals surface area contributed by atoms with Crippen molar-refractivity contribution in [3.8, 4) is 0 Å². The second-order valence-corrected chi connectivity index (χ2v) is 3.82. The van der Waals surface area contributed by atoms with Crippen molar-refractivity contribution in [1.82, 2.24) is 5.01 Å². The Hall–Kier alpha value is -0.860. The van der Waals surface area contributed by atoms with Crippen molar-refractivity contribution in [2.24, 2.45) is 5.84 Å². The molecule has 1 aliphatic heterocycles. The van der Waals surface area contributed by atoms with Crippen molar-refractivity contribution in [2.75, 3.05) is 6.54 Å². The largest absolute Gasteiger partial charge is 0.268 e. The lowest BCUT2D eigenvalue weighted by molar-refractivity contribution is 0.201. The zero-order valence-corrected chi connectivity index (χ0v) is 9.92. The Morgan fingerprint density at radius 3 is 2.27 bits per heavy atom. The van der Waals surface area contributed by atoms with Crippen LogP contribution in [0.5, 0.6) is 0 Å². The minimum absolute atomic E-state index is 0.128. The molecular formula is C13H22N2. The maximum Gasteiger partial charge on any atom is 0.0604 e. The molecule has 0 bridgehead atoms. The molecule has 2 N–H and O–H groups in total. The van der Waals surface area contributed by atoms with Gasteiger partial charge < -0.3 is 0 Å². The van der Waals surface area contributed by atoms with Crippen molar-refractivity contribution in [3.63, 3.8) is 0 Å². The van der Waals surface area contributed by atoms with Crippen molar-refractivity contribution in [2.45, 2.75) is 38.6 Å². The molecule has 15 heavy (non-hydrogen) atoms. The van der Waals surface area contributed by atoms with Gasteiger partial charge in [-0.2, -0.15) is 0 Å². The van der Waals surface area contributed by atoms with Crippen molar-refractivity contribution in [1.29, 1.82) is 0 Å². The summed E-state index contributed by atoms with van der Waals surface area (Å²) < 4.78 is 0. The molecule has 84 valence electrons. The summed E-state index contributed by atoms with van der Waals surface area (Å²) in [6.45, 7) is 12.6. The molecule has 0 aromatic heterocycles. The molecule has 2 aliphatic rings. The molecule has 1 fully saturated rings. The van der Waals surface area contributed by atoms with Gasteiger partial charge in [-0.25, -0.2) is 5.01 Å². The second kappa shape index (κ2) is 4.77. The van der Waals surface area contributed by atoms with Gasteiger partial charge in [-0.1, -0.05) is 39.2 Å². The Morgan fingerprint density at radius 2 is 1.87 bits per heavy atom. The number of hydrogen-bond donors (Lipinski definition) is 1. The quantitative estimate of drug-likeness (QED) is 0.704. The first-order valence-corrected chi connectivity index (χ1v) is 5.75. The summed E-state index contributed by atoms with van der Waals surface area (Å²) in [5.74, 6) is 5.97. The van der Waals surface area contributed by atoms with Crippen LogP contribution in [0, 0.1) is 0 Å². The highest BCUT2D eigenvalue weighted by atomic mass is 15.5. The standard InChI is InChI=1S/C11H16N2.C2H6/c1-3-9-5-8-13(12)11(6-7-11)10(9)4-2;1-2/h3-4H,1-2,5-8,12H2;1-2H3. The van der Waals surface area contributed by atoms with E-state index in [1.807, 2.05) is 31.0 Å². The maximum atomic E-state index is 5.97. The number of allylic oxidation sites excluding steroid dienone is 1. The van der Waals surface area contributed by atoms with Crippen molar-refractivity contribution in [3.05, 3.63) is 36.5 Å². The average molecular weight is 206 g/mol. The highest BCUT2D eigenvalue weighted by Crippen LogP contribution is 2.50. The molecule has 0 aromatic rings. The van der Waals surface area contributed by atoms with Crippen LogP contribution in [0.2, 0.25) is 0 Å². The lowest BCUT2D eigenvalue weighted by Gasteiger charge is -2.34. The Kier molecular flexibility index (Phi) is 3.89. The van der Waals surface area contributed by atoms with E-state index in [4.69, 9.17) is 5.84 Å². The molecule has 1 heterocycles. The minimum atomic E-state index is 0.128. The lowest BCUT2D eigenvalue weighted by atomic mass is 9.92.